The standard InChI is InChI=1S/C8H13F5O3S/c9-3-1-2-5(10)7(12)8(13)6(11)4-17(14,15)16/h5-8H,1-4H2,(H,14,15,16). The van der Waals surface area contributed by atoms with Gasteiger partial charge in [-0.25, -0.2) is 17.6 Å². The highest BCUT2D eigenvalue weighted by molar-refractivity contribution is 7.85. The Morgan fingerprint density at radius 2 is 1.47 bits per heavy atom. The predicted molar refractivity (Wildman–Crippen MR) is 51.2 cm³/mol. The van der Waals surface area contributed by atoms with Gasteiger partial charge in [0.15, 0.2) is 18.5 Å². The topological polar surface area (TPSA) is 54.4 Å². The number of halogens is 5. The maximum Gasteiger partial charge on any atom is 0.267 e. The second-order valence-electron chi connectivity index (χ2n) is 3.50. The third-order valence-electron chi connectivity index (χ3n) is 1.98. The minimum atomic E-state index is -4.81. The van der Waals surface area contributed by atoms with E-state index in [-0.39, 0.29) is 6.42 Å². The lowest BCUT2D eigenvalue weighted by molar-refractivity contribution is 0.0350. The van der Waals surface area contributed by atoms with Crippen molar-refractivity contribution in [1.82, 2.24) is 0 Å². The zero-order chi connectivity index (χ0) is 13.6. The molecule has 1 N–H and O–H groups in total. The van der Waals surface area contributed by atoms with E-state index in [1.165, 1.54) is 0 Å². The Bertz CT molecular complexity index is 310. The van der Waals surface area contributed by atoms with Crippen LogP contribution in [0.2, 0.25) is 0 Å². The smallest absolute Gasteiger partial charge is 0.267 e. The molecule has 0 radical (unpaired) electrons. The minimum absolute atomic E-state index is 0.344. The van der Waals surface area contributed by atoms with Gasteiger partial charge in [-0.3, -0.25) is 8.94 Å². The Morgan fingerprint density at radius 1 is 1.00 bits per heavy atom. The van der Waals surface area contributed by atoms with Gasteiger partial charge in [-0.2, -0.15) is 8.42 Å². The van der Waals surface area contributed by atoms with Crippen molar-refractivity contribution in [2.45, 2.75) is 37.5 Å². The number of hydrogen-bond acceptors (Lipinski definition) is 2. The molecule has 0 rings (SSSR count). The average Bonchev–Trinajstić information content (AvgIpc) is 2.21. The first-order valence-corrected chi connectivity index (χ1v) is 6.37. The molecule has 0 fully saturated rings. The van der Waals surface area contributed by atoms with E-state index in [1.54, 1.807) is 0 Å². The molecule has 4 atom stereocenters. The summed E-state index contributed by atoms with van der Waals surface area (Å²) in [4.78, 5) is 0. The zero-order valence-electron chi connectivity index (χ0n) is 8.70. The summed E-state index contributed by atoms with van der Waals surface area (Å²) in [5.41, 5.74) is 0. The number of rotatable bonds is 8. The molecule has 0 spiro atoms. The molecule has 0 aromatic carbocycles. The van der Waals surface area contributed by atoms with Gasteiger partial charge in [0.2, 0.25) is 0 Å². The van der Waals surface area contributed by atoms with Crippen LogP contribution in [0.5, 0.6) is 0 Å². The van der Waals surface area contributed by atoms with Gasteiger partial charge in [0, 0.05) is 0 Å². The number of hydrogen-bond donors (Lipinski definition) is 1. The Morgan fingerprint density at radius 3 is 1.88 bits per heavy atom. The lowest BCUT2D eigenvalue weighted by atomic mass is 10.0. The van der Waals surface area contributed by atoms with Crippen LogP contribution in [0, 0.1) is 0 Å². The fourth-order valence-electron chi connectivity index (χ4n) is 1.12. The Labute approximate surface area is 95.8 Å². The molecule has 0 saturated heterocycles. The first kappa shape index (κ1) is 16.6. The van der Waals surface area contributed by atoms with Crippen LogP contribution in [0.15, 0.2) is 0 Å². The van der Waals surface area contributed by atoms with Crippen molar-refractivity contribution in [1.29, 1.82) is 0 Å². The van der Waals surface area contributed by atoms with Crippen LogP contribution in [-0.4, -0.2) is 50.1 Å². The van der Waals surface area contributed by atoms with Crippen molar-refractivity contribution in [3.05, 3.63) is 0 Å². The molecule has 0 aliphatic carbocycles. The Balaban J connectivity index is 4.32. The van der Waals surface area contributed by atoms with Gasteiger partial charge in [-0.1, -0.05) is 0 Å². The molecule has 0 aliphatic heterocycles. The van der Waals surface area contributed by atoms with Crippen LogP contribution < -0.4 is 0 Å². The average molecular weight is 284 g/mol. The Kier molecular flexibility index (Phi) is 6.91. The van der Waals surface area contributed by atoms with Crippen LogP contribution in [0.4, 0.5) is 22.0 Å². The molecule has 9 heteroatoms. The summed E-state index contributed by atoms with van der Waals surface area (Å²) in [5, 5.41) is 0. The summed E-state index contributed by atoms with van der Waals surface area (Å²) in [6.45, 7) is -0.922. The molecule has 3 nitrogen and oxygen atoms in total. The van der Waals surface area contributed by atoms with E-state index in [0.717, 1.165) is 0 Å². The summed E-state index contributed by atoms with van der Waals surface area (Å²) in [6.07, 6.45) is -12.2. The van der Waals surface area contributed by atoms with Gasteiger partial charge in [0.25, 0.3) is 10.1 Å². The summed E-state index contributed by atoms with van der Waals surface area (Å²) < 4.78 is 91.8. The van der Waals surface area contributed by atoms with Crippen LogP contribution >= 0.6 is 0 Å². The monoisotopic (exact) mass is 284 g/mol. The summed E-state index contributed by atoms with van der Waals surface area (Å²) in [6, 6.07) is 0. The maximum absolute atomic E-state index is 13.0. The van der Waals surface area contributed by atoms with E-state index >= 15 is 0 Å². The van der Waals surface area contributed by atoms with Crippen molar-refractivity contribution in [2.24, 2.45) is 0 Å². The maximum atomic E-state index is 13.0. The van der Waals surface area contributed by atoms with E-state index in [1.807, 2.05) is 0 Å². The molecule has 4 unspecified atom stereocenters. The van der Waals surface area contributed by atoms with E-state index < -0.39 is 53.7 Å². The van der Waals surface area contributed by atoms with Gasteiger partial charge in [0.1, 0.15) is 11.9 Å². The first-order chi connectivity index (χ1) is 7.69. The lowest BCUT2D eigenvalue weighted by Gasteiger charge is -2.19. The number of alkyl halides is 5. The molecule has 0 aromatic rings. The summed E-state index contributed by atoms with van der Waals surface area (Å²) in [5.74, 6) is -1.65. The molecular formula is C8H13F5O3S. The predicted octanol–water partition coefficient (Wildman–Crippen LogP) is 1.98. The molecule has 0 saturated carbocycles. The third kappa shape index (κ3) is 6.77. The van der Waals surface area contributed by atoms with E-state index in [0.29, 0.717) is 0 Å². The van der Waals surface area contributed by atoms with Crippen LogP contribution in [-0.2, 0) is 10.1 Å². The van der Waals surface area contributed by atoms with Gasteiger partial charge >= 0.3 is 0 Å². The molecular weight excluding hydrogens is 271 g/mol. The minimum Gasteiger partial charge on any atom is -0.285 e. The molecule has 0 amide bonds. The SMILES string of the molecule is O=S(=O)(O)CC(F)C(F)C(F)C(F)CCCF. The van der Waals surface area contributed by atoms with Crippen LogP contribution in [0.3, 0.4) is 0 Å². The fourth-order valence-corrected chi connectivity index (χ4v) is 1.71. The molecule has 104 valence electrons. The molecule has 0 bridgehead atoms. The van der Waals surface area contributed by atoms with Crippen LogP contribution in [0.25, 0.3) is 0 Å². The summed E-state index contributed by atoms with van der Waals surface area (Å²) >= 11 is 0. The summed E-state index contributed by atoms with van der Waals surface area (Å²) in [7, 11) is -4.81. The zero-order valence-corrected chi connectivity index (χ0v) is 9.52. The largest absolute Gasteiger partial charge is 0.285 e. The highest BCUT2D eigenvalue weighted by atomic mass is 32.2. The van der Waals surface area contributed by atoms with Crippen molar-refractivity contribution in [2.75, 3.05) is 12.4 Å². The van der Waals surface area contributed by atoms with Crippen molar-refractivity contribution >= 4 is 10.1 Å². The Hall–Kier alpha value is -0.440. The third-order valence-corrected chi connectivity index (χ3v) is 2.72. The highest BCUT2D eigenvalue weighted by Gasteiger charge is 2.37. The molecule has 0 heterocycles. The second kappa shape index (κ2) is 7.10. The highest BCUT2D eigenvalue weighted by Crippen LogP contribution is 2.21. The van der Waals surface area contributed by atoms with E-state index in [4.69, 9.17) is 4.55 Å². The van der Waals surface area contributed by atoms with Crippen molar-refractivity contribution in [3.8, 4) is 0 Å². The second-order valence-corrected chi connectivity index (χ2v) is 5.00. The molecule has 0 aromatic heterocycles. The first-order valence-electron chi connectivity index (χ1n) is 4.76. The van der Waals surface area contributed by atoms with Gasteiger partial charge in [-0.05, 0) is 12.8 Å². The van der Waals surface area contributed by atoms with Gasteiger partial charge in [0.05, 0.1) is 6.67 Å². The van der Waals surface area contributed by atoms with E-state index in [9.17, 15) is 30.4 Å². The van der Waals surface area contributed by atoms with Gasteiger partial charge < -0.3 is 0 Å². The fraction of sp³-hybridized carbons (Fsp3) is 1.00. The normalized spacial score (nSPS) is 19.6. The van der Waals surface area contributed by atoms with Crippen molar-refractivity contribution < 1.29 is 34.9 Å². The van der Waals surface area contributed by atoms with E-state index in [2.05, 4.69) is 0 Å². The molecule has 17 heavy (non-hydrogen) atoms. The van der Waals surface area contributed by atoms with Crippen molar-refractivity contribution in [3.63, 3.8) is 0 Å². The van der Waals surface area contributed by atoms with Crippen LogP contribution in [0.1, 0.15) is 12.8 Å². The quantitative estimate of drug-likeness (QED) is 0.547. The van der Waals surface area contributed by atoms with Gasteiger partial charge in [-0.15, -0.1) is 0 Å². The molecule has 0 aliphatic rings. The lowest BCUT2D eigenvalue weighted by Crippen LogP contribution is -2.38.